The molecule has 1 amide bonds. The van der Waals surface area contributed by atoms with E-state index in [4.69, 9.17) is 4.42 Å². The third kappa shape index (κ3) is 4.74. The number of nitrogens with one attached hydrogen (secondary N) is 1. The summed E-state index contributed by atoms with van der Waals surface area (Å²) >= 11 is 2.50. The van der Waals surface area contributed by atoms with E-state index in [1.807, 2.05) is 11.4 Å². The number of nitrogens with zero attached hydrogens (tertiary/aromatic N) is 3. The number of carbonyl (C=O) groups is 1. The molecule has 0 aliphatic rings. The van der Waals surface area contributed by atoms with Crippen LogP contribution in [0.25, 0.3) is 22.7 Å². The Morgan fingerprint density at radius 2 is 1.87 bits per heavy atom. The summed E-state index contributed by atoms with van der Waals surface area (Å²) in [4.78, 5) is 16.7. The second-order valence-corrected chi connectivity index (χ2v) is 8.34. The lowest BCUT2D eigenvalue weighted by Gasteiger charge is -2.02. The molecule has 2 aromatic carbocycles. The number of benzene rings is 2. The first-order valence-electron chi connectivity index (χ1n) is 9.03. The summed E-state index contributed by atoms with van der Waals surface area (Å²) in [6.45, 7) is 4.12. The summed E-state index contributed by atoms with van der Waals surface area (Å²) in [6, 6.07) is 11.9. The van der Waals surface area contributed by atoms with E-state index in [9.17, 15) is 9.18 Å². The van der Waals surface area contributed by atoms with Gasteiger partial charge in [0, 0.05) is 16.5 Å². The van der Waals surface area contributed by atoms with Gasteiger partial charge in [0.2, 0.25) is 11.8 Å². The molecule has 0 aliphatic carbocycles. The Morgan fingerprint density at radius 3 is 2.63 bits per heavy atom. The molecule has 0 bridgehead atoms. The third-order valence-corrected chi connectivity index (χ3v) is 5.95. The van der Waals surface area contributed by atoms with Crippen molar-refractivity contribution in [1.82, 2.24) is 15.2 Å². The van der Waals surface area contributed by atoms with Crippen LogP contribution >= 0.6 is 23.1 Å². The molecule has 2 heterocycles. The maximum Gasteiger partial charge on any atom is 0.277 e. The van der Waals surface area contributed by atoms with Crippen molar-refractivity contribution < 1.29 is 13.6 Å². The van der Waals surface area contributed by atoms with Gasteiger partial charge in [0.05, 0.1) is 11.4 Å². The number of anilines is 1. The van der Waals surface area contributed by atoms with Gasteiger partial charge < -0.3 is 9.73 Å². The lowest BCUT2D eigenvalue weighted by atomic mass is 10.1. The summed E-state index contributed by atoms with van der Waals surface area (Å²) in [5.74, 6) is -0.186. The Kier molecular flexibility index (Phi) is 5.91. The van der Waals surface area contributed by atoms with Gasteiger partial charge >= 0.3 is 0 Å². The topological polar surface area (TPSA) is 80.9 Å². The van der Waals surface area contributed by atoms with Crippen LogP contribution in [0.2, 0.25) is 0 Å². The maximum atomic E-state index is 13.0. The van der Waals surface area contributed by atoms with Crippen molar-refractivity contribution >= 4 is 34.1 Å². The van der Waals surface area contributed by atoms with Gasteiger partial charge in [0.1, 0.15) is 5.82 Å². The molecule has 30 heavy (non-hydrogen) atoms. The van der Waals surface area contributed by atoms with Gasteiger partial charge in [-0.05, 0) is 55.3 Å². The van der Waals surface area contributed by atoms with E-state index in [0.29, 0.717) is 10.7 Å². The number of rotatable bonds is 6. The Morgan fingerprint density at radius 1 is 1.10 bits per heavy atom. The number of hydrogen-bond donors (Lipinski definition) is 1. The Labute approximate surface area is 180 Å². The summed E-state index contributed by atoms with van der Waals surface area (Å²) in [5.41, 5.74) is 4.88. The van der Waals surface area contributed by atoms with E-state index in [1.54, 1.807) is 12.1 Å². The third-order valence-electron chi connectivity index (χ3n) is 4.38. The van der Waals surface area contributed by atoms with Gasteiger partial charge in [-0.2, -0.15) is 0 Å². The molecule has 9 heteroatoms. The molecule has 0 spiro atoms. The quantitative estimate of drug-likeness (QED) is 0.407. The highest BCUT2D eigenvalue weighted by molar-refractivity contribution is 7.99. The molecule has 6 nitrogen and oxygen atoms in total. The standard InChI is InChI=1S/C21H17FN4O2S2/c1-12-3-4-15(9-13(12)2)17-10-29-20(23-17)24-18(27)11-30-21-26-25-19(28-21)14-5-7-16(22)8-6-14/h3-10H,11H2,1-2H3,(H,23,24,27). The molecule has 4 aromatic rings. The first-order valence-corrected chi connectivity index (χ1v) is 10.9. The highest BCUT2D eigenvalue weighted by atomic mass is 32.2. The summed E-state index contributed by atoms with van der Waals surface area (Å²) in [7, 11) is 0. The van der Waals surface area contributed by atoms with Crippen LogP contribution in [0.3, 0.4) is 0 Å². The predicted molar refractivity (Wildman–Crippen MR) is 116 cm³/mol. The number of aryl methyl sites for hydroxylation is 2. The van der Waals surface area contributed by atoms with Gasteiger partial charge in [-0.3, -0.25) is 4.79 Å². The maximum absolute atomic E-state index is 13.0. The SMILES string of the molecule is Cc1ccc(-c2csc(NC(=O)CSc3nnc(-c4ccc(F)cc4)o3)n2)cc1C. The number of thiazole rings is 1. The summed E-state index contributed by atoms with van der Waals surface area (Å²) in [5, 5.41) is 13.3. The smallest absolute Gasteiger partial charge is 0.277 e. The van der Waals surface area contributed by atoms with Gasteiger partial charge in [0.15, 0.2) is 5.13 Å². The van der Waals surface area contributed by atoms with E-state index in [2.05, 4.69) is 46.5 Å². The van der Waals surface area contributed by atoms with Gasteiger partial charge in [-0.1, -0.05) is 23.9 Å². The largest absolute Gasteiger partial charge is 0.411 e. The zero-order chi connectivity index (χ0) is 21.1. The first kappa shape index (κ1) is 20.2. The highest BCUT2D eigenvalue weighted by Crippen LogP contribution is 2.27. The molecular weight excluding hydrogens is 423 g/mol. The van der Waals surface area contributed by atoms with Crippen molar-refractivity contribution in [2.75, 3.05) is 11.1 Å². The molecule has 4 rings (SSSR count). The fourth-order valence-corrected chi connectivity index (χ4v) is 3.92. The minimum Gasteiger partial charge on any atom is -0.411 e. The van der Waals surface area contributed by atoms with Crippen molar-refractivity contribution in [1.29, 1.82) is 0 Å². The summed E-state index contributed by atoms with van der Waals surface area (Å²) < 4.78 is 18.5. The van der Waals surface area contributed by atoms with Gasteiger partial charge in [-0.15, -0.1) is 21.5 Å². The molecule has 0 radical (unpaired) electrons. The second-order valence-electron chi connectivity index (χ2n) is 6.55. The van der Waals surface area contributed by atoms with Crippen LogP contribution in [-0.2, 0) is 4.79 Å². The molecule has 0 saturated carbocycles. The zero-order valence-electron chi connectivity index (χ0n) is 16.2. The lowest BCUT2D eigenvalue weighted by Crippen LogP contribution is -2.13. The molecule has 0 atom stereocenters. The van der Waals surface area contributed by atoms with Crippen molar-refractivity contribution in [2.45, 2.75) is 19.1 Å². The normalized spacial score (nSPS) is 10.9. The molecule has 0 aliphatic heterocycles. The second kappa shape index (κ2) is 8.76. The number of carbonyl (C=O) groups excluding carboxylic acids is 1. The minimum atomic E-state index is -0.340. The van der Waals surface area contributed by atoms with Crippen molar-refractivity contribution in [3.8, 4) is 22.7 Å². The molecule has 1 N–H and O–H groups in total. The van der Waals surface area contributed by atoms with E-state index in [1.165, 1.54) is 34.6 Å². The number of halogens is 1. The molecule has 2 aromatic heterocycles. The molecule has 0 fully saturated rings. The zero-order valence-corrected chi connectivity index (χ0v) is 17.8. The number of hydrogen-bond acceptors (Lipinski definition) is 7. The molecule has 152 valence electrons. The van der Waals surface area contributed by atoms with Crippen molar-refractivity contribution in [2.24, 2.45) is 0 Å². The first-order chi connectivity index (χ1) is 14.5. The van der Waals surface area contributed by atoms with E-state index >= 15 is 0 Å². The van der Waals surface area contributed by atoms with E-state index < -0.39 is 0 Å². The Bertz CT molecular complexity index is 1190. The van der Waals surface area contributed by atoms with Gasteiger partial charge in [0.25, 0.3) is 5.22 Å². The van der Waals surface area contributed by atoms with E-state index in [0.717, 1.165) is 23.0 Å². The van der Waals surface area contributed by atoms with Crippen LogP contribution in [0.5, 0.6) is 0 Å². The fourth-order valence-electron chi connectivity index (χ4n) is 2.62. The van der Waals surface area contributed by atoms with Crippen LogP contribution in [0.4, 0.5) is 9.52 Å². The minimum absolute atomic E-state index is 0.101. The van der Waals surface area contributed by atoms with Crippen molar-refractivity contribution in [3.63, 3.8) is 0 Å². The van der Waals surface area contributed by atoms with Crippen molar-refractivity contribution in [3.05, 3.63) is 64.8 Å². The van der Waals surface area contributed by atoms with Crippen LogP contribution in [-0.4, -0.2) is 26.8 Å². The average Bonchev–Trinajstić information content (AvgIpc) is 3.39. The monoisotopic (exact) mass is 440 g/mol. The number of thioether (sulfide) groups is 1. The van der Waals surface area contributed by atoms with E-state index in [-0.39, 0.29) is 28.6 Å². The van der Waals surface area contributed by atoms with Crippen LogP contribution in [0.15, 0.2) is 57.5 Å². The molecule has 0 saturated heterocycles. The lowest BCUT2D eigenvalue weighted by molar-refractivity contribution is -0.113. The fraction of sp³-hybridized carbons (Fsp3) is 0.143. The average molecular weight is 441 g/mol. The Hall–Kier alpha value is -3.04. The highest BCUT2D eigenvalue weighted by Gasteiger charge is 2.13. The molecular formula is C21H17FN4O2S2. The van der Waals surface area contributed by atoms with Crippen LogP contribution < -0.4 is 5.32 Å². The number of amides is 1. The number of aromatic nitrogens is 3. The van der Waals surface area contributed by atoms with Gasteiger partial charge in [-0.25, -0.2) is 9.37 Å². The Balaban J connectivity index is 1.34. The van der Waals surface area contributed by atoms with Crippen LogP contribution in [0, 0.1) is 19.7 Å². The molecule has 0 unspecified atom stereocenters. The predicted octanol–water partition coefficient (Wildman–Crippen LogP) is 5.35. The summed E-state index contributed by atoms with van der Waals surface area (Å²) in [6.07, 6.45) is 0. The van der Waals surface area contributed by atoms with Crippen LogP contribution in [0.1, 0.15) is 11.1 Å².